The molecule has 0 aromatic rings. The van der Waals surface area contributed by atoms with Crippen LogP contribution < -0.4 is 5.73 Å². The van der Waals surface area contributed by atoms with E-state index < -0.39 is 0 Å². The van der Waals surface area contributed by atoms with Gasteiger partial charge in [0.05, 0.1) is 0 Å². The molecule has 1 unspecified atom stereocenters. The van der Waals surface area contributed by atoms with E-state index in [1.54, 1.807) is 0 Å². The molecule has 2 heteroatoms. The van der Waals surface area contributed by atoms with E-state index >= 15 is 0 Å². The molecule has 0 aromatic heterocycles. The molecule has 1 atom stereocenters. The molecule has 1 aliphatic heterocycles. The number of hydrogen-bond acceptors (Lipinski definition) is 2. The third kappa shape index (κ3) is 5.22. The van der Waals surface area contributed by atoms with Gasteiger partial charge in [-0.1, -0.05) is 13.8 Å². The minimum absolute atomic E-state index is 0. The van der Waals surface area contributed by atoms with Crippen molar-refractivity contribution >= 4 is 0 Å². The summed E-state index contributed by atoms with van der Waals surface area (Å²) in [7, 11) is 0. The molecule has 0 amide bonds. The van der Waals surface area contributed by atoms with Crippen LogP contribution in [-0.2, 0) is 0 Å². The second kappa shape index (κ2) is 6.62. The van der Waals surface area contributed by atoms with Crippen LogP contribution in [0.3, 0.4) is 0 Å². The van der Waals surface area contributed by atoms with Gasteiger partial charge in [-0.3, -0.25) is 0 Å². The van der Waals surface area contributed by atoms with E-state index in [0.717, 1.165) is 6.54 Å². The number of nitrogens with two attached hydrogens (primary N) is 1. The number of hydrogen-bond donors (Lipinski definition) is 1. The van der Waals surface area contributed by atoms with Crippen molar-refractivity contribution < 1.29 is 1.43 Å². The zero-order valence-electron chi connectivity index (χ0n) is 8.14. The molecule has 1 rings (SSSR count). The lowest BCUT2D eigenvalue weighted by atomic mass is 10.3. The second-order valence-electron chi connectivity index (χ2n) is 2.98. The van der Waals surface area contributed by atoms with Gasteiger partial charge in [0.25, 0.3) is 0 Å². The van der Waals surface area contributed by atoms with Crippen molar-refractivity contribution in [2.75, 3.05) is 19.6 Å². The molecule has 0 saturated carbocycles. The normalized spacial score (nSPS) is 20.7. The predicted molar refractivity (Wildman–Crippen MR) is 52.8 cm³/mol. The van der Waals surface area contributed by atoms with E-state index in [-0.39, 0.29) is 1.43 Å². The van der Waals surface area contributed by atoms with Gasteiger partial charge in [-0.25, -0.2) is 0 Å². The second-order valence-corrected chi connectivity index (χ2v) is 2.98. The number of rotatable bonds is 2. The SMILES string of the molecule is CC.CC(N)CN1CCCC1.[HH]. The highest BCUT2D eigenvalue weighted by molar-refractivity contribution is 4.69. The molecule has 0 radical (unpaired) electrons. The lowest BCUT2D eigenvalue weighted by Gasteiger charge is -2.16. The Bertz CT molecular complexity index is 80.6. The lowest BCUT2D eigenvalue weighted by molar-refractivity contribution is 0.321. The van der Waals surface area contributed by atoms with Gasteiger partial charge in [-0.05, 0) is 32.9 Å². The summed E-state index contributed by atoms with van der Waals surface area (Å²) in [5.41, 5.74) is 5.63. The van der Waals surface area contributed by atoms with Gasteiger partial charge in [-0.15, -0.1) is 0 Å². The molecule has 0 bridgehead atoms. The summed E-state index contributed by atoms with van der Waals surface area (Å²) >= 11 is 0. The Morgan fingerprint density at radius 2 is 1.82 bits per heavy atom. The van der Waals surface area contributed by atoms with Crippen molar-refractivity contribution in [2.24, 2.45) is 5.73 Å². The summed E-state index contributed by atoms with van der Waals surface area (Å²) < 4.78 is 0. The Morgan fingerprint density at radius 1 is 1.36 bits per heavy atom. The van der Waals surface area contributed by atoms with E-state index in [0.29, 0.717) is 6.04 Å². The summed E-state index contributed by atoms with van der Waals surface area (Å²) in [4.78, 5) is 2.44. The van der Waals surface area contributed by atoms with Crippen LogP contribution in [0.1, 0.15) is 35.0 Å². The Morgan fingerprint density at radius 3 is 2.18 bits per heavy atom. The molecule has 2 nitrogen and oxygen atoms in total. The average Bonchev–Trinajstić information content (AvgIpc) is 2.43. The highest BCUT2D eigenvalue weighted by atomic mass is 15.1. The number of likely N-dealkylation sites (tertiary alicyclic amines) is 1. The summed E-state index contributed by atoms with van der Waals surface area (Å²) in [5, 5.41) is 0. The molecule has 1 saturated heterocycles. The fourth-order valence-electron chi connectivity index (χ4n) is 1.37. The van der Waals surface area contributed by atoms with Crippen molar-refractivity contribution in [2.45, 2.75) is 39.7 Å². The Hall–Kier alpha value is -0.0800. The van der Waals surface area contributed by atoms with Crippen LogP contribution >= 0.6 is 0 Å². The molecule has 70 valence electrons. The maximum atomic E-state index is 5.63. The van der Waals surface area contributed by atoms with Gasteiger partial charge >= 0.3 is 0 Å². The van der Waals surface area contributed by atoms with Crippen molar-refractivity contribution in [3.8, 4) is 0 Å². The summed E-state index contributed by atoms with van der Waals surface area (Å²) in [6, 6.07) is 0.350. The molecular weight excluding hydrogens is 136 g/mol. The van der Waals surface area contributed by atoms with E-state index in [2.05, 4.69) is 11.8 Å². The first-order valence-electron chi connectivity index (χ1n) is 4.77. The van der Waals surface area contributed by atoms with Crippen LogP contribution in [0.25, 0.3) is 0 Å². The van der Waals surface area contributed by atoms with Crippen LogP contribution in [0, 0.1) is 0 Å². The van der Waals surface area contributed by atoms with Gasteiger partial charge in [0.15, 0.2) is 0 Å². The topological polar surface area (TPSA) is 29.3 Å². The Balaban J connectivity index is 0. The van der Waals surface area contributed by atoms with Gasteiger partial charge in [0, 0.05) is 14.0 Å². The van der Waals surface area contributed by atoms with Crippen molar-refractivity contribution in [1.82, 2.24) is 4.90 Å². The van der Waals surface area contributed by atoms with E-state index in [1.807, 2.05) is 13.8 Å². The highest BCUT2D eigenvalue weighted by Crippen LogP contribution is 2.06. The quantitative estimate of drug-likeness (QED) is 0.666. The average molecular weight is 160 g/mol. The van der Waals surface area contributed by atoms with Crippen LogP contribution in [-0.4, -0.2) is 30.6 Å². The van der Waals surface area contributed by atoms with E-state index in [9.17, 15) is 0 Å². The minimum Gasteiger partial charge on any atom is -0.327 e. The first-order chi connectivity index (χ1) is 5.29. The molecule has 11 heavy (non-hydrogen) atoms. The Labute approximate surface area is 72.2 Å². The minimum atomic E-state index is 0. The molecular formula is C9H24N2. The third-order valence-corrected chi connectivity index (χ3v) is 1.74. The van der Waals surface area contributed by atoms with Crippen molar-refractivity contribution in [3.63, 3.8) is 0 Å². The zero-order chi connectivity index (χ0) is 8.69. The lowest BCUT2D eigenvalue weighted by Crippen LogP contribution is -2.33. The maximum absolute atomic E-state index is 5.63. The first-order valence-corrected chi connectivity index (χ1v) is 4.77. The smallest absolute Gasteiger partial charge is 0.0139 e. The van der Waals surface area contributed by atoms with Crippen molar-refractivity contribution in [3.05, 3.63) is 0 Å². The number of nitrogens with zero attached hydrogens (tertiary/aromatic N) is 1. The third-order valence-electron chi connectivity index (χ3n) is 1.74. The molecule has 2 N–H and O–H groups in total. The van der Waals surface area contributed by atoms with Gasteiger partial charge in [-0.2, -0.15) is 0 Å². The first kappa shape index (κ1) is 10.9. The molecule has 1 heterocycles. The van der Waals surface area contributed by atoms with Gasteiger partial charge in [0.1, 0.15) is 0 Å². The van der Waals surface area contributed by atoms with Gasteiger partial charge < -0.3 is 10.6 Å². The van der Waals surface area contributed by atoms with Crippen LogP contribution in [0.2, 0.25) is 0 Å². The van der Waals surface area contributed by atoms with E-state index in [4.69, 9.17) is 5.73 Å². The fourth-order valence-corrected chi connectivity index (χ4v) is 1.37. The van der Waals surface area contributed by atoms with Crippen LogP contribution in [0.15, 0.2) is 0 Å². The monoisotopic (exact) mass is 160 g/mol. The van der Waals surface area contributed by atoms with Crippen LogP contribution in [0.5, 0.6) is 0 Å². The Kier molecular flexibility index (Phi) is 6.57. The standard InChI is InChI=1S/C7H16N2.C2H6.H2/c1-7(8)6-9-4-2-3-5-9;1-2;/h7H,2-6,8H2,1H3;1-2H3;1H. The zero-order valence-corrected chi connectivity index (χ0v) is 8.14. The summed E-state index contributed by atoms with van der Waals surface area (Å²) in [5.74, 6) is 0. The molecule has 1 fully saturated rings. The van der Waals surface area contributed by atoms with E-state index in [1.165, 1.54) is 25.9 Å². The summed E-state index contributed by atoms with van der Waals surface area (Å²) in [6.45, 7) is 9.68. The fraction of sp³-hybridized carbons (Fsp3) is 1.00. The van der Waals surface area contributed by atoms with Crippen molar-refractivity contribution in [1.29, 1.82) is 0 Å². The maximum Gasteiger partial charge on any atom is 0.0139 e. The van der Waals surface area contributed by atoms with Gasteiger partial charge in [0.2, 0.25) is 0 Å². The summed E-state index contributed by atoms with van der Waals surface area (Å²) in [6.07, 6.45) is 2.74. The highest BCUT2D eigenvalue weighted by Gasteiger charge is 2.11. The molecule has 0 aliphatic carbocycles. The van der Waals surface area contributed by atoms with Crippen LogP contribution in [0.4, 0.5) is 0 Å². The largest absolute Gasteiger partial charge is 0.327 e. The molecule has 1 aliphatic rings. The molecule has 0 aromatic carbocycles. The molecule has 0 spiro atoms. The predicted octanol–water partition coefficient (Wildman–Crippen LogP) is 1.70.